The minimum Gasteiger partial charge on any atom is -0.381 e. The highest BCUT2D eigenvalue weighted by atomic mass is 16.5. The number of fused-ring (bicyclic) bond motifs is 1. The summed E-state index contributed by atoms with van der Waals surface area (Å²) in [7, 11) is 1.86. The first-order chi connectivity index (χ1) is 11.7. The maximum Gasteiger partial charge on any atom is 0.321 e. The van der Waals surface area contributed by atoms with Crippen LogP contribution < -0.4 is 10.2 Å². The van der Waals surface area contributed by atoms with Crippen LogP contribution in [0.1, 0.15) is 31.7 Å². The number of unbranched alkanes of at least 4 members (excludes halogenated alkanes) is 1. The van der Waals surface area contributed by atoms with E-state index >= 15 is 0 Å². The molecular weight excluding hydrogens is 302 g/mol. The van der Waals surface area contributed by atoms with E-state index in [0.717, 1.165) is 51.4 Å². The molecule has 1 N–H and O–H groups in total. The van der Waals surface area contributed by atoms with Crippen LogP contribution >= 0.6 is 0 Å². The number of amides is 2. The van der Waals surface area contributed by atoms with Gasteiger partial charge in [-0.25, -0.2) is 4.79 Å². The molecular formula is C19H29N3O2. The summed E-state index contributed by atoms with van der Waals surface area (Å²) < 4.78 is 5.39. The van der Waals surface area contributed by atoms with Crippen molar-refractivity contribution in [2.45, 2.75) is 32.6 Å². The third kappa shape index (κ3) is 4.01. The zero-order valence-corrected chi connectivity index (χ0v) is 14.9. The number of nitrogens with zero attached hydrogens (tertiary/aromatic N) is 2. The zero-order chi connectivity index (χ0) is 16.9. The van der Waals surface area contributed by atoms with Gasteiger partial charge in [0.25, 0.3) is 0 Å². The summed E-state index contributed by atoms with van der Waals surface area (Å²) in [4.78, 5) is 16.6. The third-order valence-electron chi connectivity index (χ3n) is 5.01. The van der Waals surface area contributed by atoms with E-state index in [1.54, 1.807) is 4.90 Å². The molecule has 2 amide bonds. The van der Waals surface area contributed by atoms with Crippen LogP contribution in [0.25, 0.3) is 0 Å². The number of ether oxygens (including phenoxy) is 1. The Hall–Kier alpha value is -1.75. The van der Waals surface area contributed by atoms with Crippen molar-refractivity contribution in [2.75, 3.05) is 50.1 Å². The number of anilines is 2. The van der Waals surface area contributed by atoms with Crippen LogP contribution in [0.3, 0.4) is 0 Å². The van der Waals surface area contributed by atoms with E-state index in [1.165, 1.54) is 24.1 Å². The van der Waals surface area contributed by atoms with Crippen LogP contribution in [-0.4, -0.2) is 50.8 Å². The Morgan fingerprint density at radius 3 is 3.08 bits per heavy atom. The minimum absolute atomic E-state index is 0.0417. The Balaban J connectivity index is 1.59. The van der Waals surface area contributed by atoms with Crippen molar-refractivity contribution < 1.29 is 9.53 Å². The van der Waals surface area contributed by atoms with Gasteiger partial charge in [0.15, 0.2) is 0 Å². The van der Waals surface area contributed by atoms with Crippen molar-refractivity contribution in [2.24, 2.45) is 5.92 Å². The molecule has 132 valence electrons. The van der Waals surface area contributed by atoms with Crippen molar-refractivity contribution in [1.29, 1.82) is 0 Å². The van der Waals surface area contributed by atoms with Gasteiger partial charge in [-0.3, -0.25) is 0 Å². The van der Waals surface area contributed by atoms with Gasteiger partial charge in [-0.1, -0.05) is 19.4 Å². The number of rotatable bonds is 6. The van der Waals surface area contributed by atoms with Crippen molar-refractivity contribution >= 4 is 17.4 Å². The topological polar surface area (TPSA) is 44.8 Å². The second-order valence-electron chi connectivity index (χ2n) is 6.97. The Labute approximate surface area is 145 Å². The molecule has 5 heteroatoms. The molecule has 0 spiro atoms. The molecule has 1 fully saturated rings. The Kier molecular flexibility index (Phi) is 5.61. The summed E-state index contributed by atoms with van der Waals surface area (Å²) in [6.07, 6.45) is 4.57. The number of urea groups is 1. The molecule has 0 radical (unpaired) electrons. The second-order valence-corrected chi connectivity index (χ2v) is 6.97. The van der Waals surface area contributed by atoms with Gasteiger partial charge in [0, 0.05) is 50.6 Å². The van der Waals surface area contributed by atoms with Crippen molar-refractivity contribution in [1.82, 2.24) is 4.90 Å². The van der Waals surface area contributed by atoms with Crippen LogP contribution in [0.2, 0.25) is 0 Å². The number of carbonyl (C=O) groups excluding carboxylic acids is 1. The molecule has 1 aromatic rings. The quantitative estimate of drug-likeness (QED) is 0.869. The standard InChI is InChI=1S/C19H29N3O2/c1-3-4-9-22-10-7-16-5-6-17(12-18(16)22)20-19(23)21(2)13-15-8-11-24-14-15/h5-6,12,15H,3-4,7-11,13-14H2,1-2H3,(H,20,23)/t15-/m1/s1. The van der Waals surface area contributed by atoms with Crippen molar-refractivity contribution in [3.63, 3.8) is 0 Å². The van der Waals surface area contributed by atoms with E-state index in [4.69, 9.17) is 4.74 Å². The number of benzene rings is 1. The molecule has 2 aliphatic heterocycles. The normalized spacial score (nSPS) is 19.4. The lowest BCUT2D eigenvalue weighted by molar-refractivity contribution is 0.175. The van der Waals surface area contributed by atoms with E-state index in [9.17, 15) is 4.79 Å². The van der Waals surface area contributed by atoms with Gasteiger partial charge in [0.2, 0.25) is 0 Å². The number of hydrogen-bond donors (Lipinski definition) is 1. The summed E-state index contributed by atoms with van der Waals surface area (Å²) in [5.41, 5.74) is 3.56. The predicted molar refractivity (Wildman–Crippen MR) is 97.8 cm³/mol. The molecule has 1 aromatic carbocycles. The van der Waals surface area contributed by atoms with Crippen LogP contribution in [0.15, 0.2) is 18.2 Å². The summed E-state index contributed by atoms with van der Waals surface area (Å²) in [5, 5.41) is 3.04. The Bertz CT molecular complexity index is 570. The van der Waals surface area contributed by atoms with Gasteiger partial charge in [-0.2, -0.15) is 0 Å². The van der Waals surface area contributed by atoms with Gasteiger partial charge in [0.05, 0.1) is 6.61 Å². The van der Waals surface area contributed by atoms with Crippen LogP contribution in [0.4, 0.5) is 16.2 Å². The lowest BCUT2D eigenvalue weighted by Crippen LogP contribution is -2.35. The summed E-state index contributed by atoms with van der Waals surface area (Å²) >= 11 is 0. The average molecular weight is 331 g/mol. The van der Waals surface area contributed by atoms with E-state index in [1.807, 2.05) is 13.1 Å². The highest BCUT2D eigenvalue weighted by Gasteiger charge is 2.22. The average Bonchev–Trinajstić information content (AvgIpc) is 3.22. The van der Waals surface area contributed by atoms with Crippen molar-refractivity contribution in [3.8, 4) is 0 Å². The molecule has 1 atom stereocenters. The predicted octanol–water partition coefficient (Wildman–Crippen LogP) is 3.35. The first-order valence-electron chi connectivity index (χ1n) is 9.15. The van der Waals surface area contributed by atoms with Crippen LogP contribution in [0.5, 0.6) is 0 Å². The van der Waals surface area contributed by atoms with Gasteiger partial charge >= 0.3 is 6.03 Å². The molecule has 1 saturated heterocycles. The summed E-state index contributed by atoms with van der Waals surface area (Å²) in [6, 6.07) is 6.26. The fourth-order valence-electron chi connectivity index (χ4n) is 3.52. The first-order valence-corrected chi connectivity index (χ1v) is 9.15. The lowest BCUT2D eigenvalue weighted by Gasteiger charge is -2.22. The molecule has 0 saturated carbocycles. The van der Waals surface area contributed by atoms with E-state index < -0.39 is 0 Å². The Morgan fingerprint density at radius 2 is 2.33 bits per heavy atom. The smallest absolute Gasteiger partial charge is 0.321 e. The number of carbonyl (C=O) groups is 1. The third-order valence-corrected chi connectivity index (χ3v) is 5.01. The fourth-order valence-corrected chi connectivity index (χ4v) is 3.52. The largest absolute Gasteiger partial charge is 0.381 e. The summed E-state index contributed by atoms with van der Waals surface area (Å²) in [5.74, 6) is 0.463. The molecule has 24 heavy (non-hydrogen) atoms. The maximum atomic E-state index is 12.4. The van der Waals surface area contributed by atoms with Crippen molar-refractivity contribution in [3.05, 3.63) is 23.8 Å². The monoisotopic (exact) mass is 331 g/mol. The molecule has 0 bridgehead atoms. The zero-order valence-electron chi connectivity index (χ0n) is 14.9. The van der Waals surface area contributed by atoms with E-state index in [0.29, 0.717) is 5.92 Å². The van der Waals surface area contributed by atoms with Crippen LogP contribution in [0, 0.1) is 5.92 Å². The highest BCUT2D eigenvalue weighted by Crippen LogP contribution is 2.31. The minimum atomic E-state index is -0.0417. The second kappa shape index (κ2) is 7.88. The SMILES string of the molecule is CCCCN1CCc2ccc(NC(=O)N(C)C[C@H]3CCOC3)cc21. The van der Waals surface area contributed by atoms with Gasteiger partial charge in [-0.05, 0) is 37.0 Å². The van der Waals surface area contributed by atoms with Gasteiger partial charge in [-0.15, -0.1) is 0 Å². The molecule has 0 aromatic heterocycles. The lowest BCUT2D eigenvalue weighted by atomic mass is 10.1. The first kappa shape index (κ1) is 17.1. The van der Waals surface area contributed by atoms with E-state index in [2.05, 4.69) is 29.3 Å². The maximum absolute atomic E-state index is 12.4. The highest BCUT2D eigenvalue weighted by molar-refractivity contribution is 5.90. The molecule has 5 nitrogen and oxygen atoms in total. The fraction of sp³-hybridized carbons (Fsp3) is 0.632. The molecule has 2 heterocycles. The number of hydrogen-bond acceptors (Lipinski definition) is 3. The van der Waals surface area contributed by atoms with Gasteiger partial charge in [0.1, 0.15) is 0 Å². The van der Waals surface area contributed by atoms with Gasteiger partial charge < -0.3 is 19.9 Å². The molecule has 2 aliphatic rings. The number of nitrogens with one attached hydrogen (secondary N) is 1. The van der Waals surface area contributed by atoms with Crippen LogP contribution in [-0.2, 0) is 11.2 Å². The molecule has 0 aliphatic carbocycles. The van der Waals surface area contributed by atoms with E-state index in [-0.39, 0.29) is 6.03 Å². The molecule has 3 rings (SSSR count). The summed E-state index contributed by atoms with van der Waals surface area (Å²) in [6.45, 7) is 6.75. The Morgan fingerprint density at radius 1 is 1.46 bits per heavy atom. The molecule has 0 unspecified atom stereocenters.